The Hall–Kier alpha value is -2.22. The highest BCUT2D eigenvalue weighted by atomic mass is 32.1. The molecule has 1 atom stereocenters. The number of benzene rings is 1. The molecule has 1 amide bonds. The van der Waals surface area contributed by atoms with Crippen molar-refractivity contribution in [2.45, 2.75) is 31.2 Å². The molecule has 0 bridgehead atoms. The zero-order valence-electron chi connectivity index (χ0n) is 13.4. The molecule has 8 heteroatoms. The SMILES string of the molecule is CON=CC(C)(C)NC(=O)C(C)(S)Oc1ccc2ocnc2c1. The number of thiol groups is 1. The van der Waals surface area contributed by atoms with Gasteiger partial charge in [-0.2, -0.15) is 0 Å². The number of carbonyl (C=O) groups is 1. The standard InChI is InChI=1S/C15H19N3O4S/c1-14(2,8-17-20-4)18-13(19)15(3,23)22-10-5-6-12-11(7-10)16-9-21-12/h5-9,23H,1-4H3,(H,18,19). The van der Waals surface area contributed by atoms with E-state index >= 15 is 0 Å². The molecule has 0 saturated heterocycles. The molecule has 1 aromatic carbocycles. The molecule has 1 N–H and O–H groups in total. The van der Waals surface area contributed by atoms with Gasteiger partial charge in [0.2, 0.25) is 4.93 Å². The van der Waals surface area contributed by atoms with Crippen molar-refractivity contribution >= 4 is 35.9 Å². The zero-order chi connectivity index (χ0) is 17.1. The summed E-state index contributed by atoms with van der Waals surface area (Å²) in [5, 5.41) is 6.45. The Kier molecular flexibility index (Phi) is 4.84. The Morgan fingerprint density at radius 1 is 1.43 bits per heavy atom. The van der Waals surface area contributed by atoms with E-state index in [2.05, 4.69) is 32.9 Å². The summed E-state index contributed by atoms with van der Waals surface area (Å²) < 4.78 is 10.8. The lowest BCUT2D eigenvalue weighted by molar-refractivity contribution is -0.130. The average molecular weight is 337 g/mol. The fourth-order valence-electron chi connectivity index (χ4n) is 1.80. The Balaban J connectivity index is 2.10. The van der Waals surface area contributed by atoms with Crippen molar-refractivity contribution in [2.24, 2.45) is 5.16 Å². The molecule has 0 fully saturated rings. The van der Waals surface area contributed by atoms with Gasteiger partial charge in [0.1, 0.15) is 18.4 Å². The van der Waals surface area contributed by atoms with E-state index < -0.39 is 16.4 Å². The van der Waals surface area contributed by atoms with Gasteiger partial charge in [-0.3, -0.25) is 4.79 Å². The van der Waals surface area contributed by atoms with Crippen LogP contribution in [-0.2, 0) is 9.63 Å². The van der Waals surface area contributed by atoms with Crippen molar-refractivity contribution in [3.63, 3.8) is 0 Å². The van der Waals surface area contributed by atoms with Crippen molar-refractivity contribution in [1.29, 1.82) is 0 Å². The van der Waals surface area contributed by atoms with E-state index in [1.54, 1.807) is 39.0 Å². The predicted molar refractivity (Wildman–Crippen MR) is 89.8 cm³/mol. The van der Waals surface area contributed by atoms with Gasteiger partial charge in [0.25, 0.3) is 5.91 Å². The van der Waals surface area contributed by atoms with E-state index in [4.69, 9.17) is 9.15 Å². The van der Waals surface area contributed by atoms with Crippen LogP contribution in [0.4, 0.5) is 0 Å². The second-order valence-corrected chi connectivity index (χ2v) is 6.51. The number of hydrogen-bond donors (Lipinski definition) is 2. The highest BCUT2D eigenvalue weighted by Gasteiger charge is 2.34. The number of ether oxygens (including phenoxy) is 1. The second kappa shape index (κ2) is 6.49. The summed E-state index contributed by atoms with van der Waals surface area (Å²) >= 11 is 4.32. The Bertz CT molecular complexity index is 724. The number of oxime groups is 1. The third kappa shape index (κ3) is 4.38. The number of fused-ring (bicyclic) bond motifs is 1. The Labute approximate surface area is 139 Å². The summed E-state index contributed by atoms with van der Waals surface area (Å²) in [7, 11) is 1.43. The van der Waals surface area contributed by atoms with Gasteiger partial charge in [-0.05, 0) is 32.9 Å². The van der Waals surface area contributed by atoms with Gasteiger partial charge in [0, 0.05) is 6.07 Å². The van der Waals surface area contributed by atoms with Crippen molar-refractivity contribution in [3.8, 4) is 5.75 Å². The van der Waals surface area contributed by atoms with Gasteiger partial charge >= 0.3 is 0 Å². The van der Waals surface area contributed by atoms with E-state index in [0.717, 1.165) is 0 Å². The minimum Gasteiger partial charge on any atom is -0.467 e. The maximum atomic E-state index is 12.4. The average Bonchev–Trinajstić information content (AvgIpc) is 2.91. The smallest absolute Gasteiger partial charge is 0.275 e. The third-order valence-electron chi connectivity index (χ3n) is 2.96. The predicted octanol–water partition coefficient (Wildman–Crippen LogP) is 2.38. The van der Waals surface area contributed by atoms with Crippen LogP contribution in [0.2, 0.25) is 0 Å². The van der Waals surface area contributed by atoms with Crippen LogP contribution in [0.1, 0.15) is 20.8 Å². The maximum Gasteiger partial charge on any atom is 0.275 e. The number of rotatable bonds is 6. The highest BCUT2D eigenvalue weighted by molar-refractivity contribution is 7.82. The van der Waals surface area contributed by atoms with Crippen LogP contribution in [0.15, 0.2) is 34.2 Å². The minimum absolute atomic E-state index is 0.409. The van der Waals surface area contributed by atoms with Gasteiger partial charge in [-0.1, -0.05) is 5.16 Å². The summed E-state index contributed by atoms with van der Waals surface area (Å²) in [6.07, 6.45) is 2.83. The summed E-state index contributed by atoms with van der Waals surface area (Å²) in [5.74, 6) is 0.0519. The summed E-state index contributed by atoms with van der Waals surface area (Å²) in [6.45, 7) is 5.11. The number of hydrogen-bond acceptors (Lipinski definition) is 7. The van der Waals surface area contributed by atoms with E-state index in [1.807, 2.05) is 0 Å². The van der Waals surface area contributed by atoms with Gasteiger partial charge in [0.05, 0.1) is 11.8 Å². The summed E-state index contributed by atoms with van der Waals surface area (Å²) in [4.78, 5) is 19.7. The van der Waals surface area contributed by atoms with Crippen molar-refractivity contribution in [2.75, 3.05) is 7.11 Å². The van der Waals surface area contributed by atoms with Crippen LogP contribution in [-0.4, -0.2) is 34.7 Å². The number of carbonyl (C=O) groups excluding carboxylic acids is 1. The molecule has 23 heavy (non-hydrogen) atoms. The molecule has 2 rings (SSSR count). The van der Waals surface area contributed by atoms with Gasteiger partial charge in [0.15, 0.2) is 12.0 Å². The molecule has 0 spiro atoms. The van der Waals surface area contributed by atoms with Crippen LogP contribution >= 0.6 is 12.6 Å². The molecule has 0 aliphatic carbocycles. The molecule has 1 unspecified atom stereocenters. The Morgan fingerprint density at radius 3 is 2.87 bits per heavy atom. The topological polar surface area (TPSA) is 86.0 Å². The van der Waals surface area contributed by atoms with Crippen molar-refractivity contribution < 1.29 is 18.8 Å². The zero-order valence-corrected chi connectivity index (χ0v) is 14.3. The molecular weight excluding hydrogens is 318 g/mol. The lowest BCUT2D eigenvalue weighted by Gasteiger charge is -2.29. The van der Waals surface area contributed by atoms with Gasteiger partial charge < -0.3 is 19.3 Å². The van der Waals surface area contributed by atoms with Crippen LogP contribution < -0.4 is 10.1 Å². The second-order valence-electron chi connectivity index (χ2n) is 5.66. The molecule has 1 heterocycles. The van der Waals surface area contributed by atoms with E-state index in [9.17, 15) is 4.79 Å². The molecule has 2 aromatic rings. The molecule has 0 aliphatic rings. The first kappa shape index (κ1) is 17.1. The largest absolute Gasteiger partial charge is 0.467 e. The molecule has 1 aromatic heterocycles. The first-order valence-corrected chi connectivity index (χ1v) is 7.33. The van der Waals surface area contributed by atoms with E-state index in [1.165, 1.54) is 19.7 Å². The third-order valence-corrected chi connectivity index (χ3v) is 3.25. The van der Waals surface area contributed by atoms with Crippen LogP contribution in [0.3, 0.4) is 0 Å². The molecule has 7 nitrogen and oxygen atoms in total. The van der Waals surface area contributed by atoms with Crippen LogP contribution in [0.5, 0.6) is 5.75 Å². The lowest BCUT2D eigenvalue weighted by Crippen LogP contribution is -2.53. The van der Waals surface area contributed by atoms with Crippen molar-refractivity contribution in [1.82, 2.24) is 10.3 Å². The summed E-state index contributed by atoms with van der Waals surface area (Å²) in [5.41, 5.74) is 0.565. The van der Waals surface area contributed by atoms with E-state index in [0.29, 0.717) is 16.8 Å². The quantitative estimate of drug-likeness (QED) is 0.366. The normalized spacial score (nSPS) is 14.7. The molecular formula is C15H19N3O4S. The minimum atomic E-state index is -1.38. The number of nitrogens with one attached hydrogen (secondary N) is 1. The molecule has 124 valence electrons. The maximum absolute atomic E-state index is 12.4. The number of amides is 1. The molecule has 0 radical (unpaired) electrons. The summed E-state index contributed by atoms with van der Waals surface area (Å²) in [6, 6.07) is 5.08. The van der Waals surface area contributed by atoms with Crippen LogP contribution in [0.25, 0.3) is 11.1 Å². The first-order valence-electron chi connectivity index (χ1n) is 6.88. The fraction of sp³-hybridized carbons (Fsp3) is 0.400. The molecule has 0 aliphatic heterocycles. The number of aromatic nitrogens is 1. The first-order chi connectivity index (χ1) is 10.7. The fourth-order valence-corrected chi connectivity index (χ4v) is 1.96. The van der Waals surface area contributed by atoms with Crippen molar-refractivity contribution in [3.05, 3.63) is 24.6 Å². The van der Waals surface area contributed by atoms with Gasteiger partial charge in [-0.15, -0.1) is 12.6 Å². The molecule has 0 saturated carbocycles. The lowest BCUT2D eigenvalue weighted by atomic mass is 10.1. The number of nitrogens with zero attached hydrogens (tertiary/aromatic N) is 2. The highest BCUT2D eigenvalue weighted by Crippen LogP contribution is 2.26. The number of oxazole rings is 1. The Morgan fingerprint density at radius 2 is 2.17 bits per heavy atom. The van der Waals surface area contributed by atoms with Gasteiger partial charge in [-0.25, -0.2) is 4.98 Å². The monoisotopic (exact) mass is 337 g/mol. The van der Waals surface area contributed by atoms with E-state index in [-0.39, 0.29) is 0 Å². The van der Waals surface area contributed by atoms with Crippen LogP contribution in [0, 0.1) is 0 Å².